The lowest BCUT2D eigenvalue weighted by Crippen LogP contribution is -2.30. The van der Waals surface area contributed by atoms with E-state index in [1.54, 1.807) is 24.3 Å². The van der Waals surface area contributed by atoms with E-state index in [1.807, 2.05) is 0 Å². The fourth-order valence-corrected chi connectivity index (χ4v) is 2.72. The predicted molar refractivity (Wildman–Crippen MR) is 96.0 cm³/mol. The quantitative estimate of drug-likeness (QED) is 0.343. The molecule has 1 saturated heterocycles. The average Bonchev–Trinajstić information content (AvgIpc) is 2.86. The van der Waals surface area contributed by atoms with Crippen LogP contribution in [0.3, 0.4) is 0 Å². The van der Waals surface area contributed by atoms with E-state index < -0.39 is 28.3 Å². The van der Waals surface area contributed by atoms with Crippen molar-refractivity contribution in [3.05, 3.63) is 73.9 Å². The van der Waals surface area contributed by atoms with Crippen LogP contribution in [0.5, 0.6) is 5.75 Å². The zero-order chi connectivity index (χ0) is 18.8. The molecule has 9 heteroatoms. The Morgan fingerprint density at radius 2 is 1.88 bits per heavy atom. The van der Waals surface area contributed by atoms with Crippen LogP contribution in [0, 0.1) is 10.1 Å². The fourth-order valence-electron chi connectivity index (χ4n) is 2.46. The second-order valence-electron chi connectivity index (χ2n) is 5.48. The molecule has 8 nitrogen and oxygen atoms in total. The Bertz CT molecular complexity index is 940. The third-order valence-electron chi connectivity index (χ3n) is 3.76. The van der Waals surface area contributed by atoms with Crippen LogP contribution in [0.4, 0.5) is 10.5 Å². The van der Waals surface area contributed by atoms with Crippen LogP contribution in [0.15, 0.2) is 52.6 Å². The fraction of sp³-hybridized carbons (Fsp3) is 0.0588. The van der Waals surface area contributed by atoms with Crippen LogP contribution in [-0.4, -0.2) is 26.9 Å². The van der Waals surface area contributed by atoms with Gasteiger partial charge in [0.1, 0.15) is 5.70 Å². The van der Waals surface area contributed by atoms with Gasteiger partial charge in [0, 0.05) is 16.1 Å². The summed E-state index contributed by atoms with van der Waals surface area (Å²) in [6.07, 6.45) is 1.21. The van der Waals surface area contributed by atoms with Crippen molar-refractivity contribution in [3.8, 4) is 5.75 Å². The maximum atomic E-state index is 12.5. The molecule has 1 aliphatic heterocycles. The van der Waals surface area contributed by atoms with Crippen LogP contribution < -0.4 is 5.32 Å². The van der Waals surface area contributed by atoms with E-state index in [-0.39, 0.29) is 17.8 Å². The first-order chi connectivity index (χ1) is 12.4. The summed E-state index contributed by atoms with van der Waals surface area (Å²) in [7, 11) is 0. The summed E-state index contributed by atoms with van der Waals surface area (Å²) in [4.78, 5) is 35.7. The standard InChI is InChI=1S/C17H12BrN3O5/c18-12-6-4-10(5-7-12)9-20-16(23)13(19-17(20)24)8-11-2-1-3-14(15(11)22)21(25)26/h1-8,22H,9H2,(H,19,24)/b13-8+. The summed E-state index contributed by atoms with van der Waals surface area (Å²) < 4.78 is 0.875. The highest BCUT2D eigenvalue weighted by atomic mass is 79.9. The highest BCUT2D eigenvalue weighted by Crippen LogP contribution is 2.31. The minimum atomic E-state index is -0.730. The van der Waals surface area contributed by atoms with E-state index in [1.165, 1.54) is 18.2 Å². The second kappa shape index (κ2) is 6.96. The van der Waals surface area contributed by atoms with E-state index in [0.717, 1.165) is 21.0 Å². The number of carbonyl (C=O) groups excluding carboxylic acids is 2. The molecule has 26 heavy (non-hydrogen) atoms. The third-order valence-corrected chi connectivity index (χ3v) is 4.29. The minimum absolute atomic E-state index is 0.0633. The molecular formula is C17H12BrN3O5. The first-order valence-corrected chi connectivity index (χ1v) is 8.21. The van der Waals surface area contributed by atoms with Crippen LogP contribution in [0.2, 0.25) is 0 Å². The molecule has 0 spiro atoms. The highest BCUT2D eigenvalue weighted by molar-refractivity contribution is 9.10. The summed E-state index contributed by atoms with van der Waals surface area (Å²) in [5, 5.41) is 23.3. The minimum Gasteiger partial charge on any atom is -0.502 e. The highest BCUT2D eigenvalue weighted by Gasteiger charge is 2.33. The number of urea groups is 1. The molecule has 1 fully saturated rings. The Kier molecular flexibility index (Phi) is 4.72. The molecule has 0 saturated carbocycles. The van der Waals surface area contributed by atoms with Crippen molar-refractivity contribution >= 4 is 39.6 Å². The number of aromatic hydroxyl groups is 1. The van der Waals surface area contributed by atoms with Gasteiger partial charge < -0.3 is 10.4 Å². The van der Waals surface area contributed by atoms with Gasteiger partial charge in [-0.25, -0.2) is 4.79 Å². The number of hydrogen-bond acceptors (Lipinski definition) is 5. The molecule has 1 aliphatic rings. The molecule has 0 radical (unpaired) electrons. The monoisotopic (exact) mass is 417 g/mol. The van der Waals surface area contributed by atoms with Crippen molar-refractivity contribution in [3.63, 3.8) is 0 Å². The number of hydrogen-bond donors (Lipinski definition) is 2. The molecule has 0 unspecified atom stereocenters. The lowest BCUT2D eigenvalue weighted by atomic mass is 10.1. The van der Waals surface area contributed by atoms with Crippen molar-refractivity contribution < 1.29 is 19.6 Å². The number of phenols is 1. The number of amides is 3. The van der Waals surface area contributed by atoms with Crippen molar-refractivity contribution in [1.82, 2.24) is 10.2 Å². The molecule has 0 atom stereocenters. The summed E-state index contributed by atoms with van der Waals surface area (Å²) in [5.74, 6) is -1.15. The Hall–Kier alpha value is -3.20. The Balaban J connectivity index is 1.87. The number of nitrogens with zero attached hydrogens (tertiary/aromatic N) is 2. The van der Waals surface area contributed by atoms with Crippen LogP contribution in [-0.2, 0) is 11.3 Å². The molecule has 3 rings (SSSR count). The summed E-state index contributed by atoms with van der Waals surface area (Å²) in [6.45, 7) is 0.0796. The van der Waals surface area contributed by atoms with Crippen molar-refractivity contribution in [2.45, 2.75) is 6.54 Å². The number of benzene rings is 2. The lowest BCUT2D eigenvalue weighted by Gasteiger charge is -2.11. The molecule has 0 aliphatic carbocycles. The summed E-state index contributed by atoms with van der Waals surface area (Å²) >= 11 is 3.31. The number of halogens is 1. The van der Waals surface area contributed by atoms with Gasteiger partial charge in [-0.3, -0.25) is 19.8 Å². The lowest BCUT2D eigenvalue weighted by molar-refractivity contribution is -0.385. The van der Waals surface area contributed by atoms with Gasteiger partial charge in [0.05, 0.1) is 11.5 Å². The second-order valence-corrected chi connectivity index (χ2v) is 6.39. The van der Waals surface area contributed by atoms with Gasteiger partial charge in [0.2, 0.25) is 5.75 Å². The van der Waals surface area contributed by atoms with Crippen LogP contribution >= 0.6 is 15.9 Å². The summed E-state index contributed by atoms with van der Waals surface area (Å²) in [5.41, 5.74) is 0.273. The predicted octanol–water partition coefficient (Wildman–Crippen LogP) is 3.16. The zero-order valence-corrected chi connectivity index (χ0v) is 14.8. The van der Waals surface area contributed by atoms with E-state index >= 15 is 0 Å². The maximum Gasteiger partial charge on any atom is 0.329 e. The smallest absolute Gasteiger partial charge is 0.329 e. The van der Waals surface area contributed by atoms with Crippen LogP contribution in [0.25, 0.3) is 6.08 Å². The molecule has 2 aromatic carbocycles. The molecule has 0 aromatic heterocycles. The molecule has 1 heterocycles. The number of carbonyl (C=O) groups is 2. The van der Waals surface area contributed by atoms with E-state index in [0.29, 0.717) is 0 Å². The van der Waals surface area contributed by atoms with E-state index in [4.69, 9.17) is 0 Å². The van der Waals surface area contributed by atoms with Gasteiger partial charge in [-0.05, 0) is 23.8 Å². The van der Waals surface area contributed by atoms with Crippen molar-refractivity contribution in [1.29, 1.82) is 0 Å². The maximum absolute atomic E-state index is 12.5. The van der Waals surface area contributed by atoms with Gasteiger partial charge in [-0.15, -0.1) is 0 Å². The number of nitrogens with one attached hydrogen (secondary N) is 1. The largest absolute Gasteiger partial charge is 0.502 e. The number of phenolic OH excluding ortho intramolecular Hbond substituents is 1. The molecule has 132 valence electrons. The number of nitro benzene ring substituents is 1. The van der Waals surface area contributed by atoms with E-state index in [2.05, 4.69) is 21.2 Å². The van der Waals surface area contributed by atoms with Gasteiger partial charge in [-0.1, -0.05) is 40.2 Å². The topological polar surface area (TPSA) is 113 Å². The average molecular weight is 418 g/mol. The van der Waals surface area contributed by atoms with Gasteiger partial charge in [0.15, 0.2) is 0 Å². The first kappa shape index (κ1) is 17.6. The Morgan fingerprint density at radius 1 is 1.19 bits per heavy atom. The Labute approximate surface area is 156 Å². The van der Waals surface area contributed by atoms with Gasteiger partial charge >= 0.3 is 11.7 Å². The Morgan fingerprint density at radius 3 is 2.54 bits per heavy atom. The van der Waals surface area contributed by atoms with Gasteiger partial charge in [0.25, 0.3) is 5.91 Å². The van der Waals surface area contributed by atoms with E-state index in [9.17, 15) is 24.8 Å². The SMILES string of the molecule is O=C1N/C(=C/c2cccc([N+](=O)[O-])c2O)C(=O)N1Cc1ccc(Br)cc1. The number of rotatable bonds is 4. The molecule has 3 amide bonds. The number of nitro groups is 1. The normalized spacial score (nSPS) is 15.4. The zero-order valence-electron chi connectivity index (χ0n) is 13.2. The molecule has 2 N–H and O–H groups in total. The first-order valence-electron chi connectivity index (χ1n) is 7.42. The van der Waals surface area contributed by atoms with Crippen molar-refractivity contribution in [2.24, 2.45) is 0 Å². The van der Waals surface area contributed by atoms with Crippen LogP contribution in [0.1, 0.15) is 11.1 Å². The van der Waals surface area contributed by atoms with Crippen molar-refractivity contribution in [2.75, 3.05) is 0 Å². The third kappa shape index (κ3) is 3.42. The van der Waals surface area contributed by atoms with Gasteiger partial charge in [-0.2, -0.15) is 0 Å². The molecular weight excluding hydrogens is 406 g/mol. The molecule has 2 aromatic rings. The number of imide groups is 1. The molecule has 0 bridgehead atoms. The number of para-hydroxylation sites is 1. The summed E-state index contributed by atoms with van der Waals surface area (Å²) in [6, 6.07) is 10.5.